The van der Waals surface area contributed by atoms with Crippen LogP contribution in [0.2, 0.25) is 0 Å². The summed E-state index contributed by atoms with van der Waals surface area (Å²) < 4.78 is 24.8. The number of hydrogen-bond donors (Lipinski definition) is 0. The van der Waals surface area contributed by atoms with E-state index in [1.807, 2.05) is 24.3 Å². The quantitative estimate of drug-likeness (QED) is 0.531. The fourth-order valence-electron chi connectivity index (χ4n) is 2.66. The third kappa shape index (κ3) is 3.66. The van der Waals surface area contributed by atoms with Crippen LogP contribution in [0, 0.1) is 5.82 Å². The number of rotatable bonds is 5. The van der Waals surface area contributed by atoms with Gasteiger partial charge in [0.2, 0.25) is 5.82 Å². The maximum atomic E-state index is 13.1. The van der Waals surface area contributed by atoms with Crippen molar-refractivity contribution in [2.24, 2.45) is 0 Å². The van der Waals surface area contributed by atoms with E-state index in [2.05, 4.69) is 15.2 Å². The predicted molar refractivity (Wildman–Crippen MR) is 99.3 cm³/mol. The first-order valence-electron chi connectivity index (χ1n) is 8.43. The maximum Gasteiger partial charge on any atom is 0.278 e. The first-order chi connectivity index (χ1) is 13.6. The SMILES string of the molecule is COc1cccc(Cn2nc(-c3nc(-c4ccc(F)cc4)no3)ccc2=O)c1. The summed E-state index contributed by atoms with van der Waals surface area (Å²) in [5, 5.41) is 8.22. The Labute approximate surface area is 159 Å². The van der Waals surface area contributed by atoms with Gasteiger partial charge in [0.25, 0.3) is 11.4 Å². The number of benzene rings is 2. The molecule has 0 aliphatic rings. The fraction of sp³-hybridized carbons (Fsp3) is 0.100. The van der Waals surface area contributed by atoms with Crippen molar-refractivity contribution in [3.05, 3.63) is 82.4 Å². The van der Waals surface area contributed by atoms with E-state index in [0.29, 0.717) is 22.8 Å². The molecule has 0 bridgehead atoms. The van der Waals surface area contributed by atoms with E-state index in [1.54, 1.807) is 19.2 Å². The lowest BCUT2D eigenvalue weighted by atomic mass is 10.2. The van der Waals surface area contributed by atoms with Gasteiger partial charge >= 0.3 is 0 Å². The highest BCUT2D eigenvalue weighted by Gasteiger charge is 2.13. The minimum atomic E-state index is -0.348. The Hall–Kier alpha value is -3.81. The van der Waals surface area contributed by atoms with Crippen LogP contribution >= 0.6 is 0 Å². The van der Waals surface area contributed by atoms with Gasteiger partial charge in [0.05, 0.1) is 13.7 Å². The Morgan fingerprint density at radius 1 is 1.11 bits per heavy atom. The van der Waals surface area contributed by atoms with Gasteiger partial charge in [-0.15, -0.1) is 0 Å². The van der Waals surface area contributed by atoms with Gasteiger partial charge in [-0.1, -0.05) is 17.3 Å². The molecule has 4 aromatic rings. The zero-order chi connectivity index (χ0) is 19.5. The highest BCUT2D eigenvalue weighted by Crippen LogP contribution is 2.20. The molecule has 0 spiro atoms. The molecule has 0 saturated heterocycles. The van der Waals surface area contributed by atoms with Crippen molar-refractivity contribution in [2.75, 3.05) is 7.11 Å². The Bertz CT molecular complexity index is 1170. The highest BCUT2D eigenvalue weighted by molar-refractivity contribution is 5.57. The molecular formula is C20H15FN4O3. The third-order valence-corrected chi connectivity index (χ3v) is 4.08. The minimum Gasteiger partial charge on any atom is -0.497 e. The molecule has 0 atom stereocenters. The van der Waals surface area contributed by atoms with Crippen molar-refractivity contribution in [3.8, 4) is 28.7 Å². The molecule has 8 heteroatoms. The lowest BCUT2D eigenvalue weighted by Gasteiger charge is -2.07. The summed E-state index contributed by atoms with van der Waals surface area (Å²) in [6, 6.07) is 16.0. The number of nitrogens with zero attached hydrogens (tertiary/aromatic N) is 4. The maximum absolute atomic E-state index is 13.1. The molecule has 0 aliphatic carbocycles. The molecule has 2 aromatic heterocycles. The van der Waals surface area contributed by atoms with E-state index < -0.39 is 0 Å². The molecule has 0 radical (unpaired) electrons. The van der Waals surface area contributed by atoms with E-state index in [0.717, 1.165) is 5.56 Å². The summed E-state index contributed by atoms with van der Waals surface area (Å²) in [6.07, 6.45) is 0. The van der Waals surface area contributed by atoms with Crippen LogP contribution in [0.15, 0.2) is 70.0 Å². The van der Waals surface area contributed by atoms with Gasteiger partial charge in [-0.05, 0) is 48.0 Å². The molecule has 0 N–H and O–H groups in total. The third-order valence-electron chi connectivity index (χ3n) is 4.08. The van der Waals surface area contributed by atoms with Crippen LogP contribution in [0.3, 0.4) is 0 Å². The van der Waals surface area contributed by atoms with Crippen LogP contribution in [0.5, 0.6) is 5.75 Å². The van der Waals surface area contributed by atoms with E-state index in [9.17, 15) is 9.18 Å². The van der Waals surface area contributed by atoms with E-state index in [-0.39, 0.29) is 23.8 Å². The first kappa shape index (κ1) is 17.6. The van der Waals surface area contributed by atoms with Gasteiger partial charge in [0.1, 0.15) is 17.3 Å². The molecule has 0 amide bonds. The number of methoxy groups -OCH3 is 1. The van der Waals surface area contributed by atoms with Crippen LogP contribution in [-0.2, 0) is 6.54 Å². The molecule has 0 aliphatic heterocycles. The van der Waals surface area contributed by atoms with Crippen molar-refractivity contribution in [1.29, 1.82) is 0 Å². The van der Waals surface area contributed by atoms with Crippen molar-refractivity contribution < 1.29 is 13.7 Å². The Morgan fingerprint density at radius 2 is 1.93 bits per heavy atom. The van der Waals surface area contributed by atoms with Crippen LogP contribution in [-0.4, -0.2) is 27.0 Å². The number of hydrogen-bond acceptors (Lipinski definition) is 6. The molecule has 4 rings (SSSR count). The van der Waals surface area contributed by atoms with Crippen molar-refractivity contribution >= 4 is 0 Å². The molecule has 0 saturated carbocycles. The van der Waals surface area contributed by atoms with Gasteiger partial charge in [-0.25, -0.2) is 9.07 Å². The fourth-order valence-corrected chi connectivity index (χ4v) is 2.66. The molecule has 0 fully saturated rings. The van der Waals surface area contributed by atoms with Gasteiger partial charge in [0, 0.05) is 11.6 Å². The average Bonchev–Trinajstić information content (AvgIpc) is 3.20. The number of aromatic nitrogens is 4. The van der Waals surface area contributed by atoms with Crippen LogP contribution in [0.1, 0.15) is 5.56 Å². The summed E-state index contributed by atoms with van der Waals surface area (Å²) in [7, 11) is 1.58. The van der Waals surface area contributed by atoms with E-state index >= 15 is 0 Å². The van der Waals surface area contributed by atoms with Crippen molar-refractivity contribution in [3.63, 3.8) is 0 Å². The Kier molecular flexibility index (Phi) is 4.67. The van der Waals surface area contributed by atoms with Gasteiger partial charge in [-0.3, -0.25) is 4.79 Å². The summed E-state index contributed by atoms with van der Waals surface area (Å²) in [5.74, 6) is 0.822. The van der Waals surface area contributed by atoms with Crippen LogP contribution in [0.4, 0.5) is 4.39 Å². The number of ether oxygens (including phenoxy) is 1. The van der Waals surface area contributed by atoms with Gasteiger partial charge in [0.15, 0.2) is 0 Å². The smallest absolute Gasteiger partial charge is 0.278 e. The molecule has 2 heterocycles. The lowest BCUT2D eigenvalue weighted by Crippen LogP contribution is -2.22. The van der Waals surface area contributed by atoms with Crippen LogP contribution in [0.25, 0.3) is 23.0 Å². The number of halogens is 1. The van der Waals surface area contributed by atoms with E-state index in [1.165, 1.54) is 28.9 Å². The summed E-state index contributed by atoms with van der Waals surface area (Å²) in [4.78, 5) is 16.5. The zero-order valence-corrected chi connectivity index (χ0v) is 14.9. The topological polar surface area (TPSA) is 83.0 Å². The molecule has 2 aromatic carbocycles. The van der Waals surface area contributed by atoms with E-state index in [4.69, 9.17) is 9.26 Å². The second-order valence-electron chi connectivity index (χ2n) is 6.00. The zero-order valence-electron chi connectivity index (χ0n) is 14.9. The predicted octanol–water partition coefficient (Wildman–Crippen LogP) is 3.16. The van der Waals surface area contributed by atoms with Gasteiger partial charge < -0.3 is 9.26 Å². The Morgan fingerprint density at radius 3 is 2.71 bits per heavy atom. The second kappa shape index (κ2) is 7.43. The van der Waals surface area contributed by atoms with Crippen molar-refractivity contribution in [2.45, 2.75) is 6.54 Å². The van der Waals surface area contributed by atoms with Crippen molar-refractivity contribution in [1.82, 2.24) is 19.9 Å². The summed E-state index contributed by atoms with van der Waals surface area (Å²) in [5.41, 5.74) is 1.58. The molecule has 7 nitrogen and oxygen atoms in total. The molecule has 140 valence electrons. The Balaban J connectivity index is 1.63. The molecule has 28 heavy (non-hydrogen) atoms. The molecule has 0 unspecified atom stereocenters. The largest absolute Gasteiger partial charge is 0.497 e. The summed E-state index contributed by atoms with van der Waals surface area (Å²) in [6.45, 7) is 0.267. The highest BCUT2D eigenvalue weighted by atomic mass is 19.1. The monoisotopic (exact) mass is 378 g/mol. The standard InChI is InChI=1S/C20H15FN4O3/c1-27-16-4-2-3-13(11-16)12-25-18(26)10-9-17(23-25)20-22-19(24-28-20)14-5-7-15(21)8-6-14/h2-11H,12H2,1H3. The van der Waals surface area contributed by atoms with Crippen LogP contribution < -0.4 is 10.3 Å². The average molecular weight is 378 g/mol. The minimum absolute atomic E-state index is 0.165. The lowest BCUT2D eigenvalue weighted by molar-refractivity contribution is 0.414. The second-order valence-corrected chi connectivity index (χ2v) is 6.00. The van der Waals surface area contributed by atoms with Gasteiger partial charge in [-0.2, -0.15) is 10.1 Å². The summed E-state index contributed by atoms with van der Waals surface area (Å²) >= 11 is 0. The molecular weight excluding hydrogens is 363 g/mol. The first-order valence-corrected chi connectivity index (χ1v) is 8.43. The normalized spacial score (nSPS) is 10.8.